The van der Waals surface area contributed by atoms with E-state index >= 15 is 0 Å². The van der Waals surface area contributed by atoms with Gasteiger partial charge in [-0.2, -0.15) is 0 Å². The molecule has 0 spiro atoms. The van der Waals surface area contributed by atoms with Crippen molar-refractivity contribution in [3.05, 3.63) is 53.6 Å². The molecule has 1 aliphatic rings. The number of nitrogens with one attached hydrogen (secondary N) is 1. The Morgan fingerprint density at radius 3 is 2.50 bits per heavy atom. The molecule has 2 aromatic carbocycles. The number of amides is 2. The minimum Gasteiger partial charge on any atom is -0.497 e. The van der Waals surface area contributed by atoms with E-state index in [0.29, 0.717) is 17.0 Å². The van der Waals surface area contributed by atoms with E-state index < -0.39 is 16.1 Å². The largest absolute Gasteiger partial charge is 0.497 e. The Hall–Kier alpha value is -2.87. The highest BCUT2D eigenvalue weighted by Crippen LogP contribution is 2.31. The second kappa shape index (κ2) is 6.80. The summed E-state index contributed by atoms with van der Waals surface area (Å²) in [5.74, 6) is 0.366. The van der Waals surface area contributed by atoms with Gasteiger partial charge in [-0.05, 0) is 31.2 Å². The van der Waals surface area contributed by atoms with Crippen molar-refractivity contribution >= 4 is 27.5 Å². The number of rotatable bonds is 3. The van der Waals surface area contributed by atoms with Crippen LogP contribution in [0, 0.1) is 6.92 Å². The maximum Gasteiger partial charge on any atom is 0.335 e. The first-order valence-corrected chi connectivity index (χ1v) is 9.42. The third-order valence-corrected chi connectivity index (χ3v) is 5.49. The Kier molecular flexibility index (Phi) is 4.69. The van der Waals surface area contributed by atoms with E-state index in [-0.39, 0.29) is 23.6 Å². The Labute approximate surface area is 151 Å². The van der Waals surface area contributed by atoms with E-state index in [1.54, 1.807) is 30.3 Å². The molecule has 0 radical (unpaired) electrons. The van der Waals surface area contributed by atoms with Crippen LogP contribution in [0.1, 0.15) is 22.3 Å². The summed E-state index contributed by atoms with van der Waals surface area (Å²) in [4.78, 5) is 25.9. The summed E-state index contributed by atoms with van der Waals surface area (Å²) in [6.07, 6.45) is 0.122. The first-order chi connectivity index (χ1) is 12.3. The highest BCUT2D eigenvalue weighted by Gasteiger charge is 2.30. The fourth-order valence-corrected chi connectivity index (χ4v) is 3.68. The van der Waals surface area contributed by atoms with Crippen molar-refractivity contribution < 1.29 is 22.7 Å². The van der Waals surface area contributed by atoms with Crippen LogP contribution >= 0.6 is 0 Å². The number of carbonyl (C=O) groups is 2. The number of Topliss-reactive ketones (excluding diaryl/α,β-unsaturated/α-hetero) is 1. The Balaban J connectivity index is 1.90. The molecule has 0 aromatic heterocycles. The lowest BCUT2D eigenvalue weighted by Gasteiger charge is -2.29. The third kappa shape index (κ3) is 3.41. The van der Waals surface area contributed by atoms with Crippen molar-refractivity contribution in [1.29, 1.82) is 0 Å². The lowest BCUT2D eigenvalue weighted by molar-refractivity contribution is 0.0981. The van der Waals surface area contributed by atoms with Crippen LogP contribution in [0.15, 0.2) is 47.4 Å². The van der Waals surface area contributed by atoms with Crippen LogP contribution in [0.25, 0.3) is 0 Å². The summed E-state index contributed by atoms with van der Waals surface area (Å²) in [5, 5.41) is 0. The highest BCUT2D eigenvalue weighted by molar-refractivity contribution is 7.90. The van der Waals surface area contributed by atoms with E-state index in [1.807, 2.05) is 6.92 Å². The molecule has 0 atom stereocenters. The molecule has 2 amide bonds. The zero-order chi connectivity index (χ0) is 18.9. The predicted octanol–water partition coefficient (Wildman–Crippen LogP) is 2.49. The second-order valence-electron chi connectivity index (χ2n) is 5.93. The monoisotopic (exact) mass is 374 g/mol. The van der Waals surface area contributed by atoms with Gasteiger partial charge in [0.2, 0.25) is 0 Å². The molecule has 0 aliphatic carbocycles. The average molecular weight is 374 g/mol. The fourth-order valence-electron chi connectivity index (χ4n) is 2.72. The van der Waals surface area contributed by atoms with Gasteiger partial charge in [0.1, 0.15) is 5.75 Å². The molecule has 0 saturated heterocycles. The Morgan fingerprint density at radius 1 is 1.15 bits per heavy atom. The van der Waals surface area contributed by atoms with Crippen molar-refractivity contribution in [1.82, 2.24) is 4.72 Å². The minimum atomic E-state index is -4.01. The molecule has 136 valence electrons. The molecular formula is C18H18N2O5S. The maximum absolute atomic E-state index is 12.6. The quantitative estimate of drug-likeness (QED) is 0.891. The van der Waals surface area contributed by atoms with Crippen LogP contribution in [0.3, 0.4) is 0 Å². The molecule has 0 saturated carbocycles. The van der Waals surface area contributed by atoms with Gasteiger partial charge in [0.05, 0.1) is 17.7 Å². The topological polar surface area (TPSA) is 92.8 Å². The van der Waals surface area contributed by atoms with E-state index in [1.165, 1.54) is 24.1 Å². The SMILES string of the molecule is COc1ccc2c(c1)N(C(=O)NS(=O)(=O)c1ccc(C)cc1)CCC2=O. The number of hydrogen-bond donors (Lipinski definition) is 1. The van der Waals surface area contributed by atoms with Crippen molar-refractivity contribution in [3.8, 4) is 5.75 Å². The van der Waals surface area contributed by atoms with Crippen molar-refractivity contribution in [2.45, 2.75) is 18.2 Å². The van der Waals surface area contributed by atoms with Gasteiger partial charge in [-0.1, -0.05) is 17.7 Å². The van der Waals surface area contributed by atoms with Crippen LogP contribution in [0.5, 0.6) is 5.75 Å². The van der Waals surface area contributed by atoms with Gasteiger partial charge in [-0.15, -0.1) is 0 Å². The van der Waals surface area contributed by atoms with Gasteiger partial charge in [-0.3, -0.25) is 9.69 Å². The van der Waals surface area contributed by atoms with Crippen molar-refractivity contribution in [2.75, 3.05) is 18.6 Å². The number of ether oxygens (including phenoxy) is 1. The number of carbonyl (C=O) groups excluding carboxylic acids is 2. The van der Waals surface area contributed by atoms with Crippen LogP contribution in [-0.4, -0.2) is 33.9 Å². The Bertz CT molecular complexity index is 968. The van der Waals surface area contributed by atoms with Crippen molar-refractivity contribution in [2.24, 2.45) is 0 Å². The molecule has 1 N–H and O–H groups in total. The van der Waals surface area contributed by atoms with Gasteiger partial charge < -0.3 is 4.74 Å². The molecule has 26 heavy (non-hydrogen) atoms. The van der Waals surface area contributed by atoms with Crippen LogP contribution in [-0.2, 0) is 10.0 Å². The molecule has 1 heterocycles. The van der Waals surface area contributed by atoms with Gasteiger partial charge in [0, 0.05) is 24.6 Å². The smallest absolute Gasteiger partial charge is 0.335 e. The molecule has 8 heteroatoms. The molecule has 3 rings (SSSR count). The van der Waals surface area contributed by atoms with Crippen molar-refractivity contribution in [3.63, 3.8) is 0 Å². The van der Waals surface area contributed by atoms with Gasteiger partial charge >= 0.3 is 6.03 Å². The van der Waals surface area contributed by atoms with Gasteiger partial charge in [0.25, 0.3) is 10.0 Å². The number of hydrogen-bond acceptors (Lipinski definition) is 5. The first kappa shape index (κ1) is 17.9. The van der Waals surface area contributed by atoms with Gasteiger partial charge in [-0.25, -0.2) is 17.9 Å². The lowest BCUT2D eigenvalue weighted by atomic mass is 10.0. The van der Waals surface area contributed by atoms with Gasteiger partial charge in [0.15, 0.2) is 5.78 Å². The standard InChI is InChI=1S/C18H18N2O5S/c1-12-3-6-14(7-4-12)26(23,24)19-18(22)20-10-9-17(21)15-8-5-13(25-2)11-16(15)20/h3-8,11H,9-10H2,1-2H3,(H,19,22). The lowest BCUT2D eigenvalue weighted by Crippen LogP contribution is -2.46. The van der Waals surface area contributed by atoms with Crippen LogP contribution in [0.4, 0.5) is 10.5 Å². The summed E-state index contributed by atoms with van der Waals surface area (Å²) < 4.78 is 32.1. The highest BCUT2D eigenvalue weighted by atomic mass is 32.2. The number of benzene rings is 2. The number of anilines is 1. The van der Waals surface area contributed by atoms with Crippen LogP contribution in [0.2, 0.25) is 0 Å². The summed E-state index contributed by atoms with van der Waals surface area (Å²) >= 11 is 0. The zero-order valence-corrected chi connectivity index (χ0v) is 15.2. The molecule has 1 aliphatic heterocycles. The number of sulfonamides is 1. The normalized spacial score (nSPS) is 13.9. The molecule has 0 bridgehead atoms. The summed E-state index contributed by atoms with van der Waals surface area (Å²) in [5.41, 5.74) is 1.60. The first-order valence-electron chi connectivity index (χ1n) is 7.94. The zero-order valence-electron chi connectivity index (χ0n) is 14.4. The summed E-state index contributed by atoms with van der Waals surface area (Å²) in [6.45, 7) is 1.93. The number of methoxy groups -OCH3 is 1. The second-order valence-corrected chi connectivity index (χ2v) is 7.61. The number of urea groups is 1. The molecule has 0 unspecified atom stereocenters. The molecule has 7 nitrogen and oxygen atoms in total. The van der Waals surface area contributed by atoms with Crippen LogP contribution < -0.4 is 14.4 Å². The third-order valence-electron chi connectivity index (χ3n) is 4.16. The number of ketones is 1. The molecular weight excluding hydrogens is 356 g/mol. The minimum absolute atomic E-state index is 0.00426. The van der Waals surface area contributed by atoms with E-state index in [4.69, 9.17) is 4.74 Å². The van der Waals surface area contributed by atoms with E-state index in [2.05, 4.69) is 4.72 Å². The Morgan fingerprint density at radius 2 is 1.85 bits per heavy atom. The number of nitrogens with zero attached hydrogens (tertiary/aromatic N) is 1. The molecule has 2 aromatic rings. The molecule has 0 fully saturated rings. The van der Waals surface area contributed by atoms with E-state index in [0.717, 1.165) is 5.56 Å². The summed E-state index contributed by atoms with van der Waals surface area (Å²) in [6, 6.07) is 10.1. The number of fused-ring (bicyclic) bond motifs is 1. The summed E-state index contributed by atoms with van der Waals surface area (Å²) in [7, 11) is -2.54. The fraction of sp³-hybridized carbons (Fsp3) is 0.222. The predicted molar refractivity (Wildman–Crippen MR) is 96.2 cm³/mol. The average Bonchev–Trinajstić information content (AvgIpc) is 2.61. The maximum atomic E-state index is 12.6. The number of aryl methyl sites for hydroxylation is 1. The van der Waals surface area contributed by atoms with E-state index in [9.17, 15) is 18.0 Å².